The lowest BCUT2D eigenvalue weighted by Gasteiger charge is -2.22. The van der Waals surface area contributed by atoms with Crippen LogP contribution >= 0.6 is 11.8 Å². The first-order valence-electron chi connectivity index (χ1n) is 8.56. The summed E-state index contributed by atoms with van der Waals surface area (Å²) in [5.41, 5.74) is 1.92. The molecule has 1 amide bonds. The van der Waals surface area contributed by atoms with Crippen LogP contribution in [0.4, 0.5) is 14.5 Å². The maximum absolute atomic E-state index is 13.3. The van der Waals surface area contributed by atoms with E-state index in [1.54, 1.807) is 6.07 Å². The van der Waals surface area contributed by atoms with Gasteiger partial charge in [-0.15, -0.1) is 11.8 Å². The van der Waals surface area contributed by atoms with E-state index in [4.69, 9.17) is 0 Å². The van der Waals surface area contributed by atoms with Gasteiger partial charge in [0.15, 0.2) is 11.6 Å². The molecule has 0 unspecified atom stereocenters. The Balaban J connectivity index is 1.73. The summed E-state index contributed by atoms with van der Waals surface area (Å²) < 4.78 is 26.3. The van der Waals surface area contributed by atoms with Crippen molar-refractivity contribution in [2.45, 2.75) is 49.2 Å². The molecule has 0 atom stereocenters. The number of nitrogens with one attached hydrogen (secondary N) is 1. The molecular weight excluding hydrogens is 340 g/mol. The predicted octanol–water partition coefficient (Wildman–Crippen LogP) is 5.95. The van der Waals surface area contributed by atoms with Crippen molar-refractivity contribution in [2.24, 2.45) is 0 Å². The van der Waals surface area contributed by atoms with Gasteiger partial charge in [-0.1, -0.05) is 25.3 Å². The third-order valence-electron chi connectivity index (χ3n) is 4.47. The molecule has 1 aliphatic rings. The molecule has 25 heavy (non-hydrogen) atoms. The van der Waals surface area contributed by atoms with Crippen LogP contribution in [0.1, 0.15) is 48.0 Å². The van der Waals surface area contributed by atoms with Gasteiger partial charge in [0.05, 0.1) is 0 Å². The lowest BCUT2D eigenvalue weighted by Crippen LogP contribution is -2.13. The number of thioether (sulfide) groups is 1. The summed E-state index contributed by atoms with van der Waals surface area (Å²) in [7, 11) is 0. The molecule has 0 aliphatic heterocycles. The maximum Gasteiger partial charge on any atom is 0.255 e. The molecule has 0 heterocycles. The zero-order valence-corrected chi connectivity index (χ0v) is 15.0. The second kappa shape index (κ2) is 8.00. The topological polar surface area (TPSA) is 29.1 Å². The SMILES string of the molecule is Cc1ccc(C(=O)Nc2ccc(F)c(F)c2)cc1SC1CCCCC1. The van der Waals surface area contributed by atoms with Crippen molar-refractivity contribution in [2.75, 3.05) is 5.32 Å². The Hall–Kier alpha value is -1.88. The zero-order valence-electron chi connectivity index (χ0n) is 14.1. The summed E-state index contributed by atoms with van der Waals surface area (Å²) in [6, 6.07) is 8.93. The van der Waals surface area contributed by atoms with Crippen LogP contribution in [0, 0.1) is 18.6 Å². The van der Waals surface area contributed by atoms with E-state index in [2.05, 4.69) is 5.32 Å². The smallest absolute Gasteiger partial charge is 0.255 e. The molecule has 1 N–H and O–H groups in total. The van der Waals surface area contributed by atoms with Crippen molar-refractivity contribution in [1.29, 1.82) is 0 Å². The number of carbonyl (C=O) groups excluding carboxylic acids is 1. The van der Waals surface area contributed by atoms with E-state index in [9.17, 15) is 13.6 Å². The Morgan fingerprint density at radius 3 is 2.52 bits per heavy atom. The lowest BCUT2D eigenvalue weighted by molar-refractivity contribution is 0.102. The van der Waals surface area contributed by atoms with Crippen LogP contribution in [0.15, 0.2) is 41.3 Å². The number of amides is 1. The van der Waals surface area contributed by atoms with Crippen molar-refractivity contribution in [3.05, 3.63) is 59.2 Å². The highest BCUT2D eigenvalue weighted by Gasteiger charge is 2.17. The van der Waals surface area contributed by atoms with Gasteiger partial charge in [-0.05, 0) is 49.6 Å². The molecule has 1 fully saturated rings. The standard InChI is InChI=1S/C20H21F2NOS/c1-13-7-8-14(11-19(13)25-16-5-3-2-4-6-16)20(24)23-15-9-10-17(21)18(22)12-15/h7-12,16H,2-6H2,1H3,(H,23,24). The highest BCUT2D eigenvalue weighted by molar-refractivity contribution is 8.00. The highest BCUT2D eigenvalue weighted by Crippen LogP contribution is 2.35. The fourth-order valence-corrected chi connectivity index (χ4v) is 4.39. The number of rotatable bonds is 4. The Morgan fingerprint density at radius 2 is 1.80 bits per heavy atom. The molecule has 2 aromatic rings. The number of aryl methyl sites for hydroxylation is 1. The van der Waals surface area contributed by atoms with Crippen molar-refractivity contribution in [1.82, 2.24) is 0 Å². The summed E-state index contributed by atoms with van der Waals surface area (Å²) in [6.07, 6.45) is 6.29. The van der Waals surface area contributed by atoms with Crippen molar-refractivity contribution >= 4 is 23.4 Å². The molecule has 0 aromatic heterocycles. The van der Waals surface area contributed by atoms with Gasteiger partial charge < -0.3 is 5.32 Å². The molecule has 0 bridgehead atoms. The number of halogens is 2. The van der Waals surface area contributed by atoms with Crippen molar-refractivity contribution in [3.63, 3.8) is 0 Å². The Labute approximate surface area is 151 Å². The average Bonchev–Trinajstić information content (AvgIpc) is 2.61. The van der Waals surface area contributed by atoms with E-state index < -0.39 is 11.6 Å². The van der Waals surface area contributed by atoms with Gasteiger partial charge in [-0.3, -0.25) is 4.79 Å². The molecule has 3 rings (SSSR count). The highest BCUT2D eigenvalue weighted by atomic mass is 32.2. The van der Waals surface area contributed by atoms with Gasteiger partial charge in [0.2, 0.25) is 0 Å². The minimum absolute atomic E-state index is 0.242. The lowest BCUT2D eigenvalue weighted by atomic mass is 10.0. The monoisotopic (exact) mass is 361 g/mol. The first-order chi connectivity index (χ1) is 12.0. The molecule has 0 radical (unpaired) electrons. The second-order valence-corrected chi connectivity index (χ2v) is 7.78. The zero-order chi connectivity index (χ0) is 17.8. The molecule has 1 aliphatic carbocycles. The van der Waals surface area contributed by atoms with Crippen LogP contribution in [-0.4, -0.2) is 11.2 Å². The van der Waals surface area contributed by atoms with E-state index in [-0.39, 0.29) is 11.6 Å². The number of anilines is 1. The third kappa shape index (κ3) is 4.60. The average molecular weight is 361 g/mol. The molecule has 2 aromatic carbocycles. The third-order valence-corrected chi connectivity index (χ3v) is 5.97. The van der Waals surface area contributed by atoms with Gasteiger partial charge >= 0.3 is 0 Å². The van der Waals surface area contributed by atoms with Crippen LogP contribution in [0.5, 0.6) is 0 Å². The summed E-state index contributed by atoms with van der Waals surface area (Å²) in [6.45, 7) is 2.04. The van der Waals surface area contributed by atoms with Gasteiger partial charge in [0.25, 0.3) is 5.91 Å². The van der Waals surface area contributed by atoms with Gasteiger partial charge in [0, 0.05) is 27.5 Å². The molecular formula is C20H21F2NOS. The van der Waals surface area contributed by atoms with Gasteiger partial charge in [-0.2, -0.15) is 0 Å². The minimum atomic E-state index is -0.977. The molecule has 5 heteroatoms. The number of hydrogen-bond donors (Lipinski definition) is 1. The van der Waals surface area contributed by atoms with E-state index in [0.717, 1.165) is 22.6 Å². The van der Waals surface area contributed by atoms with Crippen LogP contribution in [0.25, 0.3) is 0 Å². The first-order valence-corrected chi connectivity index (χ1v) is 9.44. The molecule has 0 spiro atoms. The molecule has 132 valence electrons. The van der Waals surface area contributed by atoms with Gasteiger partial charge in [-0.25, -0.2) is 8.78 Å². The molecule has 1 saturated carbocycles. The van der Waals surface area contributed by atoms with Crippen molar-refractivity contribution < 1.29 is 13.6 Å². The Kier molecular flexibility index (Phi) is 5.74. The van der Waals surface area contributed by atoms with Gasteiger partial charge in [0.1, 0.15) is 0 Å². The van der Waals surface area contributed by atoms with Crippen molar-refractivity contribution in [3.8, 4) is 0 Å². The number of hydrogen-bond acceptors (Lipinski definition) is 2. The first kappa shape index (κ1) is 17.9. The normalized spacial score (nSPS) is 15.2. The summed E-state index contributed by atoms with van der Waals surface area (Å²) >= 11 is 1.84. The van der Waals surface area contributed by atoms with Crippen LogP contribution < -0.4 is 5.32 Å². The quantitative estimate of drug-likeness (QED) is 0.729. The Bertz CT molecular complexity index is 772. The number of carbonyl (C=O) groups is 1. The number of benzene rings is 2. The molecule has 2 nitrogen and oxygen atoms in total. The van der Waals surface area contributed by atoms with Crippen LogP contribution in [-0.2, 0) is 0 Å². The van der Waals surface area contributed by atoms with Crippen LogP contribution in [0.3, 0.4) is 0 Å². The van der Waals surface area contributed by atoms with E-state index >= 15 is 0 Å². The van der Waals surface area contributed by atoms with E-state index in [1.165, 1.54) is 38.2 Å². The fourth-order valence-electron chi connectivity index (χ4n) is 3.01. The predicted molar refractivity (Wildman–Crippen MR) is 98.2 cm³/mol. The summed E-state index contributed by atoms with van der Waals surface area (Å²) in [5, 5.41) is 3.23. The van der Waals surface area contributed by atoms with E-state index in [1.807, 2.05) is 30.8 Å². The summed E-state index contributed by atoms with van der Waals surface area (Å²) in [4.78, 5) is 13.5. The van der Waals surface area contributed by atoms with Crippen LogP contribution in [0.2, 0.25) is 0 Å². The minimum Gasteiger partial charge on any atom is -0.322 e. The second-order valence-electron chi connectivity index (χ2n) is 6.44. The Morgan fingerprint density at radius 1 is 1.04 bits per heavy atom. The maximum atomic E-state index is 13.3. The molecule has 0 saturated heterocycles. The fraction of sp³-hybridized carbons (Fsp3) is 0.350. The van der Waals surface area contributed by atoms with E-state index in [0.29, 0.717) is 10.8 Å². The largest absolute Gasteiger partial charge is 0.322 e. The summed E-state index contributed by atoms with van der Waals surface area (Å²) in [5.74, 6) is -2.23.